The molecular formula is C11H6Br2N. The number of hydrogen-bond acceptors (Lipinski definition) is 1. The molecule has 0 saturated heterocycles. The van der Waals surface area contributed by atoms with E-state index in [1.807, 2.05) is 24.3 Å². The normalized spacial score (nSPS) is 10.1. The van der Waals surface area contributed by atoms with Crippen molar-refractivity contribution in [1.82, 2.24) is 4.98 Å². The van der Waals surface area contributed by atoms with E-state index < -0.39 is 0 Å². The van der Waals surface area contributed by atoms with E-state index in [4.69, 9.17) is 0 Å². The van der Waals surface area contributed by atoms with Crippen LogP contribution in [-0.2, 0) is 0 Å². The fourth-order valence-electron chi connectivity index (χ4n) is 1.20. The molecular weight excluding hydrogens is 306 g/mol. The van der Waals surface area contributed by atoms with Crippen molar-refractivity contribution in [3.63, 3.8) is 0 Å². The van der Waals surface area contributed by atoms with Gasteiger partial charge in [0.2, 0.25) is 0 Å². The van der Waals surface area contributed by atoms with E-state index in [-0.39, 0.29) is 0 Å². The highest BCUT2D eigenvalue weighted by atomic mass is 79.9. The van der Waals surface area contributed by atoms with Gasteiger partial charge in [0.05, 0.1) is 5.69 Å². The summed E-state index contributed by atoms with van der Waals surface area (Å²) in [6.07, 6.45) is 1.74. The van der Waals surface area contributed by atoms with Crippen LogP contribution in [0, 0.1) is 6.07 Å². The third-order valence-electron chi connectivity index (χ3n) is 1.82. The summed E-state index contributed by atoms with van der Waals surface area (Å²) >= 11 is 7.00. The molecule has 0 aliphatic carbocycles. The minimum Gasteiger partial charge on any atom is -0.256 e. The molecule has 0 amide bonds. The predicted molar refractivity (Wildman–Crippen MR) is 63.9 cm³/mol. The van der Waals surface area contributed by atoms with Crippen molar-refractivity contribution in [2.45, 2.75) is 0 Å². The topological polar surface area (TPSA) is 12.9 Å². The molecule has 2 rings (SSSR count). The maximum Gasteiger partial charge on any atom is 0.0730 e. The average molecular weight is 312 g/mol. The summed E-state index contributed by atoms with van der Waals surface area (Å²) in [5.74, 6) is 0. The van der Waals surface area contributed by atoms with Crippen LogP contribution in [-0.4, -0.2) is 4.98 Å². The molecule has 1 heterocycles. The maximum atomic E-state index is 4.28. The highest BCUT2D eigenvalue weighted by Gasteiger charge is 2.07. The molecule has 0 unspecified atom stereocenters. The summed E-state index contributed by atoms with van der Waals surface area (Å²) in [4.78, 5) is 4.28. The smallest absolute Gasteiger partial charge is 0.0730 e. The van der Waals surface area contributed by atoms with Crippen molar-refractivity contribution < 1.29 is 0 Å². The van der Waals surface area contributed by atoms with Gasteiger partial charge in [-0.2, -0.15) is 0 Å². The number of hydrogen-bond donors (Lipinski definition) is 0. The molecule has 14 heavy (non-hydrogen) atoms. The summed E-state index contributed by atoms with van der Waals surface area (Å²) < 4.78 is 2.05. The molecule has 2 aromatic rings. The van der Waals surface area contributed by atoms with Crippen molar-refractivity contribution in [2.75, 3.05) is 0 Å². The fourth-order valence-corrected chi connectivity index (χ4v) is 2.61. The first-order chi connectivity index (χ1) is 6.79. The van der Waals surface area contributed by atoms with E-state index in [0.717, 1.165) is 20.2 Å². The Balaban J connectivity index is 2.63. The minimum atomic E-state index is 0.909. The fraction of sp³-hybridized carbons (Fsp3) is 0. The van der Waals surface area contributed by atoms with Gasteiger partial charge in [-0.25, -0.2) is 0 Å². The Morgan fingerprint density at radius 2 is 1.86 bits per heavy atom. The highest BCUT2D eigenvalue weighted by Crippen LogP contribution is 2.33. The number of benzene rings is 1. The number of halogens is 2. The summed E-state index contributed by atoms with van der Waals surface area (Å²) in [6.45, 7) is 0. The quantitative estimate of drug-likeness (QED) is 0.773. The molecule has 0 spiro atoms. The second-order valence-electron chi connectivity index (χ2n) is 2.74. The van der Waals surface area contributed by atoms with Crippen LogP contribution in [0.3, 0.4) is 0 Å². The molecule has 0 aliphatic rings. The SMILES string of the molecule is Brc1cccc(Br)c1-c1c[c]ccn1. The van der Waals surface area contributed by atoms with Crippen LogP contribution >= 0.6 is 31.9 Å². The van der Waals surface area contributed by atoms with Gasteiger partial charge in [-0.15, -0.1) is 0 Å². The van der Waals surface area contributed by atoms with Gasteiger partial charge in [0.15, 0.2) is 0 Å². The van der Waals surface area contributed by atoms with E-state index in [0.29, 0.717) is 0 Å². The van der Waals surface area contributed by atoms with Crippen molar-refractivity contribution in [3.05, 3.63) is 51.5 Å². The Kier molecular flexibility index (Phi) is 2.99. The van der Waals surface area contributed by atoms with E-state index in [1.54, 1.807) is 12.3 Å². The molecule has 0 saturated carbocycles. The average Bonchev–Trinajstić information content (AvgIpc) is 2.19. The molecule has 1 radical (unpaired) electrons. The zero-order valence-electron chi connectivity index (χ0n) is 7.17. The summed E-state index contributed by atoms with van der Waals surface area (Å²) in [6, 6.07) is 12.6. The van der Waals surface area contributed by atoms with Crippen molar-refractivity contribution in [2.24, 2.45) is 0 Å². The molecule has 69 valence electrons. The Bertz CT molecular complexity index is 420. The Morgan fingerprint density at radius 3 is 2.43 bits per heavy atom. The number of nitrogens with zero attached hydrogens (tertiary/aromatic N) is 1. The Hall–Kier alpha value is -0.670. The van der Waals surface area contributed by atoms with E-state index in [9.17, 15) is 0 Å². The van der Waals surface area contributed by atoms with Gasteiger partial charge in [0.1, 0.15) is 0 Å². The largest absolute Gasteiger partial charge is 0.256 e. The summed E-state index contributed by atoms with van der Waals surface area (Å²) in [5.41, 5.74) is 1.97. The number of aromatic nitrogens is 1. The monoisotopic (exact) mass is 310 g/mol. The maximum absolute atomic E-state index is 4.28. The first-order valence-corrected chi connectivity index (χ1v) is 5.64. The van der Waals surface area contributed by atoms with Crippen molar-refractivity contribution in [3.8, 4) is 11.3 Å². The van der Waals surface area contributed by atoms with E-state index in [2.05, 4.69) is 42.9 Å². The second kappa shape index (κ2) is 4.24. The minimum absolute atomic E-state index is 0.909. The van der Waals surface area contributed by atoms with Gasteiger partial charge in [0.25, 0.3) is 0 Å². The molecule has 1 nitrogen and oxygen atoms in total. The van der Waals surface area contributed by atoms with Gasteiger partial charge in [-0.05, 0) is 30.3 Å². The van der Waals surface area contributed by atoms with Crippen LogP contribution in [0.4, 0.5) is 0 Å². The third-order valence-corrected chi connectivity index (χ3v) is 3.15. The van der Waals surface area contributed by atoms with Crippen molar-refractivity contribution in [1.29, 1.82) is 0 Å². The van der Waals surface area contributed by atoms with Crippen LogP contribution in [0.25, 0.3) is 11.3 Å². The van der Waals surface area contributed by atoms with Crippen LogP contribution in [0.2, 0.25) is 0 Å². The zero-order chi connectivity index (χ0) is 9.97. The zero-order valence-corrected chi connectivity index (χ0v) is 10.3. The lowest BCUT2D eigenvalue weighted by atomic mass is 10.1. The highest BCUT2D eigenvalue weighted by molar-refractivity contribution is 9.11. The molecule has 0 aliphatic heterocycles. The molecule has 0 atom stereocenters. The van der Waals surface area contributed by atoms with Gasteiger partial charge in [0, 0.05) is 20.7 Å². The van der Waals surface area contributed by atoms with Crippen LogP contribution < -0.4 is 0 Å². The molecule has 1 aromatic heterocycles. The number of rotatable bonds is 1. The lowest BCUT2D eigenvalue weighted by molar-refractivity contribution is 1.31. The van der Waals surface area contributed by atoms with Gasteiger partial charge < -0.3 is 0 Å². The molecule has 0 fully saturated rings. The predicted octanol–water partition coefficient (Wildman–Crippen LogP) is 4.07. The van der Waals surface area contributed by atoms with E-state index >= 15 is 0 Å². The Morgan fingerprint density at radius 1 is 1.14 bits per heavy atom. The summed E-state index contributed by atoms with van der Waals surface area (Å²) in [5, 5.41) is 0. The lowest BCUT2D eigenvalue weighted by Crippen LogP contribution is -1.84. The number of pyridine rings is 1. The molecule has 3 heteroatoms. The van der Waals surface area contributed by atoms with Gasteiger partial charge >= 0.3 is 0 Å². The first-order valence-electron chi connectivity index (χ1n) is 4.05. The van der Waals surface area contributed by atoms with Crippen LogP contribution in [0.15, 0.2) is 45.5 Å². The molecule has 0 bridgehead atoms. The van der Waals surface area contributed by atoms with Crippen LogP contribution in [0.1, 0.15) is 0 Å². The molecule has 1 aromatic carbocycles. The van der Waals surface area contributed by atoms with E-state index in [1.165, 1.54) is 0 Å². The standard InChI is InChI=1S/C11H6Br2N/c12-8-4-3-5-9(13)11(8)10-6-1-2-7-14-10/h2-7H. The molecule has 0 N–H and O–H groups in total. The Labute approximate surface area is 99.4 Å². The third kappa shape index (κ3) is 1.88. The lowest BCUT2D eigenvalue weighted by Gasteiger charge is -2.05. The second-order valence-corrected chi connectivity index (χ2v) is 4.45. The summed E-state index contributed by atoms with van der Waals surface area (Å²) in [7, 11) is 0. The van der Waals surface area contributed by atoms with Gasteiger partial charge in [-0.1, -0.05) is 37.9 Å². The van der Waals surface area contributed by atoms with Crippen molar-refractivity contribution >= 4 is 31.9 Å². The van der Waals surface area contributed by atoms with Gasteiger partial charge in [-0.3, -0.25) is 4.98 Å². The van der Waals surface area contributed by atoms with Crippen LogP contribution in [0.5, 0.6) is 0 Å². The first kappa shape index (κ1) is 9.87.